The molecule has 0 aliphatic carbocycles. The molecule has 21 heavy (non-hydrogen) atoms. The minimum Gasteiger partial charge on any atom is -0.282 e. The van der Waals surface area contributed by atoms with E-state index in [2.05, 4.69) is 6.92 Å². The normalized spacial score (nSPS) is 11.8. The number of aryl methyl sites for hydroxylation is 1. The van der Waals surface area contributed by atoms with Gasteiger partial charge >= 0.3 is 0 Å². The summed E-state index contributed by atoms with van der Waals surface area (Å²) in [5.41, 5.74) is 2.07. The van der Waals surface area contributed by atoms with E-state index in [0.717, 1.165) is 28.8 Å². The van der Waals surface area contributed by atoms with Crippen molar-refractivity contribution in [3.63, 3.8) is 0 Å². The zero-order chi connectivity index (χ0) is 15.9. The van der Waals surface area contributed by atoms with Crippen LogP contribution in [0.2, 0.25) is 6.04 Å². The van der Waals surface area contributed by atoms with Crippen molar-refractivity contribution in [2.24, 2.45) is 0 Å². The maximum Gasteiger partial charge on any atom is 0.294 e. The van der Waals surface area contributed by atoms with Gasteiger partial charge in [-0.3, -0.25) is 4.55 Å². The van der Waals surface area contributed by atoms with E-state index in [-0.39, 0.29) is 4.90 Å². The third-order valence-electron chi connectivity index (χ3n) is 3.81. The first-order chi connectivity index (χ1) is 9.88. The third-order valence-corrected chi connectivity index (χ3v) is 6.49. The van der Waals surface area contributed by atoms with Gasteiger partial charge in [0.1, 0.15) is 0 Å². The van der Waals surface area contributed by atoms with Crippen molar-refractivity contribution < 1.29 is 13.0 Å². The van der Waals surface area contributed by atoms with Crippen LogP contribution in [-0.2, 0) is 10.1 Å². The predicted octanol–water partition coefficient (Wildman–Crippen LogP) is 3.66. The molecule has 1 aromatic carbocycles. The highest BCUT2D eigenvalue weighted by Crippen LogP contribution is 2.14. The molecule has 0 spiro atoms. The zero-order valence-corrected chi connectivity index (χ0v) is 15.1. The minimum atomic E-state index is -4.12. The fourth-order valence-corrected chi connectivity index (χ4v) is 5.00. The van der Waals surface area contributed by atoms with Crippen LogP contribution in [0.15, 0.2) is 17.0 Å². The van der Waals surface area contributed by atoms with E-state index < -0.39 is 10.1 Å². The van der Waals surface area contributed by atoms with E-state index in [9.17, 15) is 13.0 Å². The van der Waals surface area contributed by atoms with E-state index in [4.69, 9.17) is 0 Å². The molecule has 0 bridgehead atoms. The Balaban J connectivity index is 2.64. The van der Waals surface area contributed by atoms with Crippen molar-refractivity contribution in [2.75, 3.05) is 0 Å². The second kappa shape index (κ2) is 8.71. The SMILES string of the molecule is CCCCCCCC[Si]c1c(S(=O)(=O)O)ccc(C)c1C. The van der Waals surface area contributed by atoms with E-state index in [0.29, 0.717) is 9.52 Å². The first kappa shape index (κ1) is 18.4. The first-order valence-electron chi connectivity index (χ1n) is 7.69. The van der Waals surface area contributed by atoms with Crippen LogP contribution < -0.4 is 5.19 Å². The van der Waals surface area contributed by atoms with Crippen molar-refractivity contribution in [3.05, 3.63) is 23.3 Å². The van der Waals surface area contributed by atoms with Crippen molar-refractivity contribution in [1.82, 2.24) is 0 Å². The van der Waals surface area contributed by atoms with Crippen LogP contribution in [0.4, 0.5) is 0 Å². The molecule has 0 heterocycles. The van der Waals surface area contributed by atoms with Gasteiger partial charge in [0.05, 0.1) is 14.4 Å². The highest BCUT2D eigenvalue weighted by atomic mass is 32.2. The molecule has 1 aromatic rings. The molecule has 0 amide bonds. The Labute approximate surface area is 131 Å². The Morgan fingerprint density at radius 2 is 1.67 bits per heavy atom. The lowest BCUT2D eigenvalue weighted by Gasteiger charge is -2.12. The van der Waals surface area contributed by atoms with Crippen LogP contribution in [0, 0.1) is 13.8 Å². The van der Waals surface area contributed by atoms with Gasteiger partial charge in [-0.05, 0) is 36.2 Å². The molecule has 5 heteroatoms. The topological polar surface area (TPSA) is 54.4 Å². The minimum absolute atomic E-state index is 0.0925. The summed E-state index contributed by atoms with van der Waals surface area (Å²) >= 11 is 0. The average Bonchev–Trinajstić information content (AvgIpc) is 2.41. The van der Waals surface area contributed by atoms with Gasteiger partial charge in [0, 0.05) is 0 Å². The van der Waals surface area contributed by atoms with Crippen LogP contribution in [0.1, 0.15) is 56.6 Å². The van der Waals surface area contributed by atoms with Crippen LogP contribution >= 0.6 is 0 Å². The maximum atomic E-state index is 11.5. The molecule has 0 saturated heterocycles. The Bertz CT molecular complexity index is 553. The molecule has 2 radical (unpaired) electrons. The smallest absolute Gasteiger partial charge is 0.282 e. The molecule has 1 N–H and O–H groups in total. The standard InChI is InChI=1S/C16H26O3SSi/c1-4-5-6-7-8-9-12-21-16-14(3)13(2)10-11-15(16)20(17,18)19/h10-11H,4-9,12H2,1-3H3,(H,17,18,19). The van der Waals surface area contributed by atoms with Gasteiger partial charge < -0.3 is 0 Å². The summed E-state index contributed by atoms with van der Waals surface area (Å²) in [6.45, 7) is 6.12. The van der Waals surface area contributed by atoms with Crippen molar-refractivity contribution in [3.8, 4) is 0 Å². The molecular formula is C16H26O3SSi. The number of rotatable bonds is 9. The molecule has 0 fully saturated rings. The summed E-state index contributed by atoms with van der Waals surface area (Å²) < 4.78 is 32.3. The fraction of sp³-hybridized carbons (Fsp3) is 0.625. The molecule has 118 valence electrons. The van der Waals surface area contributed by atoms with Crippen molar-refractivity contribution in [1.29, 1.82) is 0 Å². The summed E-state index contributed by atoms with van der Waals surface area (Å²) in [6.07, 6.45) is 7.43. The van der Waals surface area contributed by atoms with Gasteiger partial charge in [-0.2, -0.15) is 8.42 Å². The summed E-state index contributed by atoms with van der Waals surface area (Å²) in [5.74, 6) is 0. The monoisotopic (exact) mass is 326 g/mol. The lowest BCUT2D eigenvalue weighted by atomic mass is 10.1. The Kier molecular flexibility index (Phi) is 7.63. The summed E-state index contributed by atoms with van der Waals surface area (Å²) in [5, 5.41) is 0.811. The Morgan fingerprint density at radius 1 is 1.05 bits per heavy atom. The second-order valence-corrected chi connectivity index (χ2v) is 8.29. The maximum absolute atomic E-state index is 11.5. The van der Waals surface area contributed by atoms with Gasteiger partial charge in [-0.1, -0.05) is 57.6 Å². The van der Waals surface area contributed by atoms with E-state index >= 15 is 0 Å². The fourth-order valence-electron chi connectivity index (χ4n) is 2.34. The largest absolute Gasteiger partial charge is 0.294 e. The molecule has 3 nitrogen and oxygen atoms in total. The number of hydrogen-bond acceptors (Lipinski definition) is 2. The molecule has 0 aromatic heterocycles. The number of unbranched alkanes of at least 4 members (excludes halogenated alkanes) is 5. The van der Waals surface area contributed by atoms with Gasteiger partial charge in [0.15, 0.2) is 0 Å². The molecule has 0 unspecified atom stereocenters. The van der Waals surface area contributed by atoms with E-state index in [1.807, 2.05) is 13.8 Å². The molecular weight excluding hydrogens is 300 g/mol. The average molecular weight is 327 g/mol. The van der Waals surface area contributed by atoms with Crippen LogP contribution in [0.3, 0.4) is 0 Å². The summed E-state index contributed by atoms with van der Waals surface area (Å²) in [7, 11) is -3.68. The predicted molar refractivity (Wildman–Crippen MR) is 89.3 cm³/mol. The van der Waals surface area contributed by atoms with Crippen molar-refractivity contribution >= 4 is 24.8 Å². The summed E-state index contributed by atoms with van der Waals surface area (Å²) in [6, 6.07) is 4.29. The third kappa shape index (κ3) is 5.92. The van der Waals surface area contributed by atoms with Gasteiger partial charge in [-0.15, -0.1) is 0 Å². The Morgan fingerprint density at radius 3 is 2.29 bits per heavy atom. The highest BCUT2D eigenvalue weighted by molar-refractivity contribution is 7.86. The molecule has 0 saturated carbocycles. The van der Waals surface area contributed by atoms with Crippen LogP contribution in [0.25, 0.3) is 0 Å². The van der Waals surface area contributed by atoms with E-state index in [1.165, 1.54) is 38.2 Å². The molecule has 0 atom stereocenters. The molecule has 1 rings (SSSR count). The van der Waals surface area contributed by atoms with Gasteiger partial charge in [0.2, 0.25) is 0 Å². The summed E-state index contributed by atoms with van der Waals surface area (Å²) in [4.78, 5) is 0.0925. The van der Waals surface area contributed by atoms with Crippen LogP contribution in [0.5, 0.6) is 0 Å². The first-order valence-corrected chi connectivity index (χ1v) is 10.3. The zero-order valence-electron chi connectivity index (χ0n) is 13.3. The van der Waals surface area contributed by atoms with E-state index in [1.54, 1.807) is 6.07 Å². The lowest BCUT2D eigenvalue weighted by molar-refractivity contribution is 0.484. The molecule has 0 aliphatic heterocycles. The number of benzene rings is 1. The highest BCUT2D eigenvalue weighted by Gasteiger charge is 2.18. The van der Waals surface area contributed by atoms with Gasteiger partial charge in [0.25, 0.3) is 10.1 Å². The number of hydrogen-bond donors (Lipinski definition) is 1. The van der Waals surface area contributed by atoms with Crippen LogP contribution in [-0.4, -0.2) is 22.5 Å². The van der Waals surface area contributed by atoms with Gasteiger partial charge in [-0.25, -0.2) is 0 Å². The van der Waals surface area contributed by atoms with Crippen molar-refractivity contribution in [2.45, 2.75) is 70.2 Å². The quantitative estimate of drug-likeness (QED) is 0.428. The Hall–Kier alpha value is -0.653. The molecule has 0 aliphatic rings. The lowest BCUT2D eigenvalue weighted by Crippen LogP contribution is -2.25. The second-order valence-electron chi connectivity index (χ2n) is 5.55.